The van der Waals surface area contributed by atoms with Gasteiger partial charge in [0.25, 0.3) is 0 Å². The summed E-state index contributed by atoms with van der Waals surface area (Å²) < 4.78 is 0. The first-order valence-electron chi connectivity index (χ1n) is 13.0. The predicted octanol–water partition coefficient (Wildman–Crippen LogP) is 5.15. The molecule has 4 aromatic rings. The summed E-state index contributed by atoms with van der Waals surface area (Å²) in [4.78, 5) is 25.9. The molecular weight excluding hydrogens is 474 g/mol. The topological polar surface area (TPSA) is 110 Å². The van der Waals surface area contributed by atoms with Gasteiger partial charge in [0.1, 0.15) is 6.07 Å². The minimum Gasteiger partial charge on any atom is -0.361 e. The van der Waals surface area contributed by atoms with Crippen LogP contribution < -0.4 is 10.6 Å². The van der Waals surface area contributed by atoms with Crippen molar-refractivity contribution < 1.29 is 4.79 Å². The van der Waals surface area contributed by atoms with Crippen LogP contribution in [0.3, 0.4) is 0 Å². The van der Waals surface area contributed by atoms with Crippen molar-refractivity contribution >= 4 is 40.3 Å². The second-order valence-electron chi connectivity index (χ2n) is 9.47. The van der Waals surface area contributed by atoms with Gasteiger partial charge in [-0.25, -0.2) is 0 Å². The van der Waals surface area contributed by atoms with Gasteiger partial charge in [-0.2, -0.15) is 5.26 Å². The lowest BCUT2D eigenvalue weighted by Gasteiger charge is -2.15. The number of likely N-dealkylation sites (tertiary alicyclic amines) is 1. The third-order valence-electron chi connectivity index (χ3n) is 6.88. The van der Waals surface area contributed by atoms with Crippen molar-refractivity contribution in [2.75, 3.05) is 25.0 Å². The summed E-state index contributed by atoms with van der Waals surface area (Å²) >= 11 is 0. The number of fused-ring (bicyclic) bond motifs is 1. The highest BCUT2D eigenvalue weighted by Gasteiger charge is 2.18. The van der Waals surface area contributed by atoms with Gasteiger partial charge in [0, 0.05) is 66.8 Å². The number of pyridine rings is 2. The Morgan fingerprint density at radius 1 is 1.18 bits per heavy atom. The highest BCUT2D eigenvalue weighted by Crippen LogP contribution is 2.31. The Morgan fingerprint density at radius 3 is 2.95 bits per heavy atom. The number of aromatic amines is 1. The summed E-state index contributed by atoms with van der Waals surface area (Å²) in [5.74, 6) is 0.275. The Bertz CT molecular complexity index is 1510. The second-order valence-corrected chi connectivity index (χ2v) is 9.47. The number of aromatic nitrogens is 3. The van der Waals surface area contributed by atoms with Crippen LogP contribution in [0.2, 0.25) is 0 Å². The number of nitriles is 1. The van der Waals surface area contributed by atoms with Crippen molar-refractivity contribution in [3.63, 3.8) is 0 Å². The Kier molecular flexibility index (Phi) is 7.76. The van der Waals surface area contributed by atoms with Crippen LogP contribution in [0.25, 0.3) is 23.1 Å². The molecule has 0 aliphatic carbocycles. The summed E-state index contributed by atoms with van der Waals surface area (Å²) in [6, 6.07) is 14.3. The van der Waals surface area contributed by atoms with Gasteiger partial charge in [-0.3, -0.25) is 14.8 Å². The number of anilines is 2. The van der Waals surface area contributed by atoms with Crippen molar-refractivity contribution in [3.8, 4) is 6.07 Å². The lowest BCUT2D eigenvalue weighted by Crippen LogP contribution is -2.28. The molecule has 0 spiro atoms. The van der Waals surface area contributed by atoms with Crippen LogP contribution in [0.15, 0.2) is 55.0 Å². The van der Waals surface area contributed by atoms with Crippen LogP contribution in [0, 0.1) is 18.3 Å². The molecule has 8 nitrogen and oxygen atoms in total. The fourth-order valence-corrected chi connectivity index (χ4v) is 4.80. The lowest BCUT2D eigenvalue weighted by molar-refractivity contribution is -0.127. The third-order valence-corrected chi connectivity index (χ3v) is 6.88. The fraction of sp³-hybridized carbons (Fsp3) is 0.267. The molecule has 38 heavy (non-hydrogen) atoms. The van der Waals surface area contributed by atoms with E-state index in [9.17, 15) is 10.1 Å². The molecule has 1 saturated heterocycles. The number of carbonyl (C=O) groups excluding carboxylic acids is 1. The zero-order valence-corrected chi connectivity index (χ0v) is 21.5. The van der Waals surface area contributed by atoms with Crippen molar-refractivity contribution in [3.05, 3.63) is 83.1 Å². The van der Waals surface area contributed by atoms with E-state index in [1.165, 1.54) is 0 Å². The second kappa shape index (κ2) is 11.7. The normalized spacial score (nSPS) is 13.5. The van der Waals surface area contributed by atoms with Gasteiger partial charge < -0.3 is 20.5 Å². The number of carbonyl (C=O) groups is 1. The van der Waals surface area contributed by atoms with Gasteiger partial charge in [0.15, 0.2) is 0 Å². The number of amides is 1. The smallest absolute Gasteiger partial charge is 0.222 e. The maximum absolute atomic E-state index is 11.7. The largest absolute Gasteiger partial charge is 0.361 e. The molecule has 0 atom stereocenters. The highest BCUT2D eigenvalue weighted by molar-refractivity contribution is 5.90. The molecule has 0 unspecified atom stereocenters. The van der Waals surface area contributed by atoms with E-state index < -0.39 is 0 Å². The summed E-state index contributed by atoms with van der Waals surface area (Å²) in [6.45, 7) is 5.26. The van der Waals surface area contributed by atoms with Gasteiger partial charge in [0.05, 0.1) is 22.6 Å². The van der Waals surface area contributed by atoms with Crippen LogP contribution >= 0.6 is 0 Å². The van der Waals surface area contributed by atoms with Crippen molar-refractivity contribution in [1.82, 2.24) is 25.2 Å². The minimum absolute atomic E-state index is 0.275. The molecular formula is C30H31N7O. The summed E-state index contributed by atoms with van der Waals surface area (Å²) in [5, 5.41) is 17.8. The molecule has 192 valence electrons. The van der Waals surface area contributed by atoms with Crippen LogP contribution in [-0.4, -0.2) is 45.4 Å². The van der Waals surface area contributed by atoms with E-state index in [4.69, 9.17) is 4.98 Å². The van der Waals surface area contributed by atoms with E-state index in [1.807, 2.05) is 53.6 Å². The van der Waals surface area contributed by atoms with E-state index in [0.717, 1.165) is 71.6 Å². The first-order chi connectivity index (χ1) is 18.6. The zero-order valence-electron chi connectivity index (χ0n) is 21.5. The molecule has 4 heterocycles. The number of H-pyrrole nitrogens is 1. The molecule has 5 rings (SSSR count). The number of nitrogens with one attached hydrogen (secondary N) is 3. The molecule has 1 aliphatic rings. The highest BCUT2D eigenvalue weighted by atomic mass is 16.2. The number of aryl methyl sites for hydroxylation is 1. The van der Waals surface area contributed by atoms with Gasteiger partial charge >= 0.3 is 0 Å². The Labute approximate surface area is 222 Å². The quantitative estimate of drug-likeness (QED) is 0.257. The molecule has 0 radical (unpaired) electrons. The van der Waals surface area contributed by atoms with Crippen molar-refractivity contribution in [2.24, 2.45) is 0 Å². The van der Waals surface area contributed by atoms with Gasteiger partial charge in [-0.05, 0) is 74.4 Å². The van der Waals surface area contributed by atoms with Crippen molar-refractivity contribution in [2.45, 2.75) is 32.7 Å². The van der Waals surface area contributed by atoms with Gasteiger partial charge in [0.2, 0.25) is 5.91 Å². The number of benzene rings is 1. The average Bonchev–Trinajstić information content (AvgIpc) is 3.59. The Hall–Kier alpha value is -4.48. The van der Waals surface area contributed by atoms with E-state index in [2.05, 4.69) is 39.7 Å². The first-order valence-corrected chi connectivity index (χ1v) is 13.0. The number of nitrogens with zero attached hydrogens (tertiary/aromatic N) is 4. The number of hydrogen-bond donors (Lipinski definition) is 3. The zero-order chi connectivity index (χ0) is 26.3. The summed E-state index contributed by atoms with van der Waals surface area (Å²) in [7, 11) is 0. The van der Waals surface area contributed by atoms with E-state index >= 15 is 0 Å². The first kappa shape index (κ1) is 25.2. The molecule has 3 N–H and O–H groups in total. The molecule has 8 heteroatoms. The average molecular weight is 506 g/mol. The molecule has 1 amide bonds. The number of hydrogen-bond acceptors (Lipinski definition) is 6. The molecule has 0 saturated carbocycles. The molecule has 1 fully saturated rings. The van der Waals surface area contributed by atoms with E-state index in [-0.39, 0.29) is 5.91 Å². The van der Waals surface area contributed by atoms with Gasteiger partial charge in [-0.1, -0.05) is 6.07 Å². The van der Waals surface area contributed by atoms with Crippen LogP contribution in [0.1, 0.15) is 47.3 Å². The number of rotatable bonds is 10. The maximum atomic E-state index is 11.7. The van der Waals surface area contributed by atoms with Crippen LogP contribution in [0.4, 0.5) is 11.4 Å². The minimum atomic E-state index is 0.275. The predicted molar refractivity (Wildman–Crippen MR) is 151 cm³/mol. The lowest BCUT2D eigenvalue weighted by atomic mass is 10.1. The standard InChI is InChI=1S/C30H31N7O/c1-21-26-12-14-34-28(26)11-10-27(21)36-30-22(18-33-19-23(30)17-31)8-9-24-5-2-6-25(35-24)20-32-13-4-16-37-15-3-7-29(37)38/h2,5-6,8-12,14,18-19,32,34H,3-4,7,13,15-16,20H2,1H3,(H,33,36). The van der Waals surface area contributed by atoms with Crippen LogP contribution in [0.5, 0.6) is 0 Å². The van der Waals surface area contributed by atoms with E-state index in [0.29, 0.717) is 24.2 Å². The Morgan fingerprint density at radius 2 is 2.11 bits per heavy atom. The molecule has 1 aromatic carbocycles. The SMILES string of the molecule is Cc1c(Nc2c(C#N)cncc2C=Cc2cccc(CNCCCN3CCCC3=O)n2)ccc2[nH]ccc12. The van der Waals surface area contributed by atoms with Crippen molar-refractivity contribution in [1.29, 1.82) is 5.26 Å². The molecule has 3 aromatic heterocycles. The maximum Gasteiger partial charge on any atom is 0.222 e. The fourth-order valence-electron chi connectivity index (χ4n) is 4.80. The summed E-state index contributed by atoms with van der Waals surface area (Å²) in [5.41, 5.74) is 6.88. The Balaban J connectivity index is 1.26. The van der Waals surface area contributed by atoms with E-state index in [1.54, 1.807) is 12.4 Å². The molecule has 1 aliphatic heterocycles. The third kappa shape index (κ3) is 5.74. The van der Waals surface area contributed by atoms with Gasteiger partial charge in [-0.15, -0.1) is 0 Å². The molecule has 0 bridgehead atoms. The van der Waals surface area contributed by atoms with Crippen LogP contribution in [-0.2, 0) is 11.3 Å². The monoisotopic (exact) mass is 505 g/mol. The summed E-state index contributed by atoms with van der Waals surface area (Å²) in [6.07, 6.45) is 11.7.